The molecule has 2 aromatic carbocycles. The molecule has 0 amide bonds. The summed E-state index contributed by atoms with van der Waals surface area (Å²) in [5.74, 6) is 0. The molecular formula is C22H24BrN3O. The summed E-state index contributed by atoms with van der Waals surface area (Å²) in [5.41, 5.74) is 4.72. The lowest BCUT2D eigenvalue weighted by atomic mass is 9.95. The van der Waals surface area contributed by atoms with Gasteiger partial charge in [0.2, 0.25) is 0 Å². The molecule has 0 aliphatic carbocycles. The smallest absolute Gasteiger partial charge is 0.0991 e. The third-order valence-electron chi connectivity index (χ3n) is 5.58. The molecule has 2 aliphatic rings. The van der Waals surface area contributed by atoms with E-state index in [1.165, 1.54) is 16.8 Å². The fraction of sp³-hybridized carbons (Fsp3) is 0.409. The molecule has 0 bridgehead atoms. The predicted molar refractivity (Wildman–Crippen MR) is 111 cm³/mol. The highest BCUT2D eigenvalue weighted by atomic mass is 79.9. The van der Waals surface area contributed by atoms with E-state index in [9.17, 15) is 0 Å². The first-order valence-electron chi connectivity index (χ1n) is 9.60. The Hall–Kier alpha value is -1.87. The van der Waals surface area contributed by atoms with Crippen LogP contribution in [0.4, 0.5) is 5.69 Å². The minimum absolute atomic E-state index is 0.221. The third kappa shape index (κ3) is 4.35. The molecule has 140 valence electrons. The Labute approximate surface area is 169 Å². The number of halogens is 1. The monoisotopic (exact) mass is 425 g/mol. The van der Waals surface area contributed by atoms with Gasteiger partial charge in [0.25, 0.3) is 0 Å². The maximum Gasteiger partial charge on any atom is 0.0991 e. The number of hydrogen-bond acceptors (Lipinski definition) is 4. The molecule has 1 saturated heterocycles. The number of hydrogen-bond donors (Lipinski definition) is 0. The summed E-state index contributed by atoms with van der Waals surface area (Å²) in [5, 5.41) is 8.93. The van der Waals surface area contributed by atoms with Crippen LogP contribution in [-0.4, -0.2) is 44.2 Å². The molecule has 5 heteroatoms. The number of nitrogens with zero attached hydrogens (tertiary/aromatic N) is 3. The van der Waals surface area contributed by atoms with E-state index >= 15 is 0 Å². The average Bonchev–Trinajstić information content (AvgIpc) is 2.72. The van der Waals surface area contributed by atoms with Gasteiger partial charge in [0.15, 0.2) is 0 Å². The molecule has 4 rings (SSSR count). The second kappa shape index (κ2) is 8.43. The van der Waals surface area contributed by atoms with Crippen molar-refractivity contribution in [3.05, 3.63) is 63.6 Å². The molecule has 27 heavy (non-hydrogen) atoms. The zero-order chi connectivity index (χ0) is 18.6. The van der Waals surface area contributed by atoms with E-state index in [1.807, 2.05) is 12.1 Å². The van der Waals surface area contributed by atoms with Gasteiger partial charge in [-0.1, -0.05) is 22.0 Å². The largest absolute Gasteiger partial charge is 0.373 e. The SMILES string of the molecule is N#Cc1ccc(N2CCN(CCC3OCCc4cc(Br)ccc43)CC2)cc1. The van der Waals surface area contributed by atoms with Gasteiger partial charge >= 0.3 is 0 Å². The molecule has 1 unspecified atom stereocenters. The number of rotatable bonds is 4. The minimum Gasteiger partial charge on any atom is -0.373 e. The van der Waals surface area contributed by atoms with Crippen LogP contribution in [0.2, 0.25) is 0 Å². The van der Waals surface area contributed by atoms with Crippen LogP contribution in [0.1, 0.15) is 29.2 Å². The zero-order valence-corrected chi connectivity index (χ0v) is 17.0. The lowest BCUT2D eigenvalue weighted by molar-refractivity contribution is 0.0289. The van der Waals surface area contributed by atoms with Gasteiger partial charge in [0.05, 0.1) is 24.3 Å². The summed E-state index contributed by atoms with van der Waals surface area (Å²) in [6.07, 6.45) is 2.28. The summed E-state index contributed by atoms with van der Waals surface area (Å²) in [7, 11) is 0. The number of nitriles is 1. The van der Waals surface area contributed by atoms with Gasteiger partial charge in [0, 0.05) is 42.9 Å². The van der Waals surface area contributed by atoms with Crippen molar-refractivity contribution in [2.45, 2.75) is 18.9 Å². The van der Waals surface area contributed by atoms with E-state index < -0.39 is 0 Å². The quantitative estimate of drug-likeness (QED) is 0.737. The molecule has 0 saturated carbocycles. The van der Waals surface area contributed by atoms with Crippen LogP contribution in [0, 0.1) is 11.3 Å². The molecule has 2 aromatic rings. The first-order valence-corrected chi connectivity index (χ1v) is 10.4. The van der Waals surface area contributed by atoms with E-state index in [1.54, 1.807) is 0 Å². The topological polar surface area (TPSA) is 39.5 Å². The highest BCUT2D eigenvalue weighted by molar-refractivity contribution is 9.10. The predicted octanol–water partition coefficient (Wildman–Crippen LogP) is 4.15. The van der Waals surface area contributed by atoms with Crippen LogP contribution >= 0.6 is 15.9 Å². The second-order valence-corrected chi connectivity index (χ2v) is 8.14. The van der Waals surface area contributed by atoms with Crippen LogP contribution in [0.5, 0.6) is 0 Å². The van der Waals surface area contributed by atoms with Crippen molar-refractivity contribution in [3.8, 4) is 6.07 Å². The lowest BCUT2D eigenvalue weighted by Gasteiger charge is -2.37. The maximum absolute atomic E-state index is 8.93. The molecule has 0 aromatic heterocycles. The van der Waals surface area contributed by atoms with Crippen molar-refractivity contribution >= 4 is 21.6 Å². The first kappa shape index (κ1) is 18.5. The standard InChI is InChI=1S/C22H24BrN3O/c23-19-3-6-21-18(15-19)8-14-27-22(21)7-9-25-10-12-26(13-11-25)20-4-1-17(16-24)2-5-20/h1-6,15,22H,7-14H2. The normalized spacial score (nSPS) is 20.1. The minimum atomic E-state index is 0.221. The van der Waals surface area contributed by atoms with Gasteiger partial charge in [-0.05, 0) is 60.4 Å². The van der Waals surface area contributed by atoms with Crippen LogP contribution < -0.4 is 4.90 Å². The summed E-state index contributed by atoms with van der Waals surface area (Å²) in [4.78, 5) is 4.94. The van der Waals surface area contributed by atoms with Crippen molar-refractivity contribution in [3.63, 3.8) is 0 Å². The average molecular weight is 426 g/mol. The summed E-state index contributed by atoms with van der Waals surface area (Å²) in [6, 6.07) is 16.7. The van der Waals surface area contributed by atoms with E-state index in [4.69, 9.17) is 10.00 Å². The van der Waals surface area contributed by atoms with E-state index in [0.29, 0.717) is 0 Å². The van der Waals surface area contributed by atoms with E-state index in [2.05, 4.69) is 62.1 Å². The fourth-order valence-corrected chi connectivity index (χ4v) is 4.43. The molecule has 1 fully saturated rings. The summed E-state index contributed by atoms with van der Waals surface area (Å²) in [6.45, 7) is 6.09. The Morgan fingerprint density at radius 3 is 2.59 bits per heavy atom. The van der Waals surface area contributed by atoms with Crippen molar-refractivity contribution in [2.75, 3.05) is 44.2 Å². The summed E-state index contributed by atoms with van der Waals surface area (Å²) >= 11 is 3.58. The van der Waals surface area contributed by atoms with Crippen molar-refractivity contribution in [1.82, 2.24) is 4.90 Å². The Morgan fingerprint density at radius 2 is 1.85 bits per heavy atom. The highest BCUT2D eigenvalue weighted by Crippen LogP contribution is 2.31. The number of anilines is 1. The maximum atomic E-state index is 8.93. The zero-order valence-electron chi connectivity index (χ0n) is 15.4. The van der Waals surface area contributed by atoms with Gasteiger partial charge in [-0.3, -0.25) is 4.90 Å². The van der Waals surface area contributed by atoms with Crippen molar-refractivity contribution in [1.29, 1.82) is 5.26 Å². The number of ether oxygens (including phenoxy) is 1. The molecule has 4 nitrogen and oxygen atoms in total. The van der Waals surface area contributed by atoms with Crippen molar-refractivity contribution in [2.24, 2.45) is 0 Å². The third-order valence-corrected chi connectivity index (χ3v) is 6.08. The second-order valence-electron chi connectivity index (χ2n) is 7.23. The Morgan fingerprint density at radius 1 is 1.07 bits per heavy atom. The van der Waals surface area contributed by atoms with Gasteiger partial charge in [-0.15, -0.1) is 0 Å². The number of fused-ring (bicyclic) bond motifs is 1. The Kier molecular flexibility index (Phi) is 5.77. The Bertz CT molecular complexity index is 822. The van der Waals surface area contributed by atoms with Gasteiger partial charge < -0.3 is 9.64 Å². The van der Waals surface area contributed by atoms with Crippen LogP contribution in [0.15, 0.2) is 46.9 Å². The van der Waals surface area contributed by atoms with Crippen LogP contribution in [-0.2, 0) is 11.2 Å². The number of benzene rings is 2. The van der Waals surface area contributed by atoms with Gasteiger partial charge in [-0.25, -0.2) is 0 Å². The first-order chi connectivity index (χ1) is 13.2. The van der Waals surface area contributed by atoms with Gasteiger partial charge in [0.1, 0.15) is 0 Å². The molecule has 1 atom stereocenters. The number of piperazine rings is 1. The van der Waals surface area contributed by atoms with E-state index in [-0.39, 0.29) is 6.10 Å². The summed E-state index contributed by atoms with van der Waals surface area (Å²) < 4.78 is 7.22. The van der Waals surface area contributed by atoms with E-state index in [0.717, 1.165) is 62.2 Å². The molecule has 2 aliphatic heterocycles. The van der Waals surface area contributed by atoms with Crippen LogP contribution in [0.25, 0.3) is 0 Å². The fourth-order valence-electron chi connectivity index (χ4n) is 4.02. The lowest BCUT2D eigenvalue weighted by Crippen LogP contribution is -2.46. The Balaban J connectivity index is 1.30. The molecule has 0 N–H and O–H groups in total. The molecule has 0 spiro atoms. The van der Waals surface area contributed by atoms with Crippen molar-refractivity contribution < 1.29 is 4.74 Å². The molecular weight excluding hydrogens is 402 g/mol. The highest BCUT2D eigenvalue weighted by Gasteiger charge is 2.23. The molecule has 0 radical (unpaired) electrons. The van der Waals surface area contributed by atoms with Gasteiger partial charge in [-0.2, -0.15) is 5.26 Å². The molecule has 2 heterocycles. The van der Waals surface area contributed by atoms with Crippen LogP contribution in [0.3, 0.4) is 0 Å².